The number of methoxy groups -OCH3 is 1. The number of carbonyl (C=O) groups is 2. The monoisotopic (exact) mass is 364 g/mol. The molecule has 138 valence electrons. The van der Waals surface area contributed by atoms with Crippen LogP contribution in [0, 0.1) is 10.1 Å². The first kappa shape index (κ1) is 20.2. The van der Waals surface area contributed by atoms with Crippen LogP contribution in [-0.2, 0) is 9.53 Å². The number of alkyl halides is 3. The van der Waals surface area contributed by atoms with E-state index in [9.17, 15) is 32.9 Å². The molecule has 11 heteroatoms. The van der Waals surface area contributed by atoms with Gasteiger partial charge in [0.05, 0.1) is 18.5 Å². The third-order valence-corrected chi connectivity index (χ3v) is 3.02. The maximum absolute atomic E-state index is 12.3. The molecule has 0 atom stereocenters. The molecule has 0 N–H and O–H groups in total. The lowest BCUT2D eigenvalue weighted by Crippen LogP contribution is -2.30. The summed E-state index contributed by atoms with van der Waals surface area (Å²) in [5, 5.41) is 11.0. The van der Waals surface area contributed by atoms with Gasteiger partial charge in [-0.2, -0.15) is 13.2 Å². The van der Waals surface area contributed by atoms with E-state index >= 15 is 0 Å². The lowest BCUT2D eigenvalue weighted by atomic mass is 10.1. The third kappa shape index (κ3) is 6.28. The van der Waals surface area contributed by atoms with Gasteiger partial charge in [0.2, 0.25) is 0 Å². The highest BCUT2D eigenvalue weighted by Gasteiger charge is 2.29. The number of hydrogen-bond acceptors (Lipinski definition) is 6. The number of nitro groups is 1. The van der Waals surface area contributed by atoms with Gasteiger partial charge in [-0.15, -0.1) is 0 Å². The average molecular weight is 364 g/mol. The molecule has 1 aromatic carbocycles. The number of halogens is 3. The molecule has 0 saturated heterocycles. The van der Waals surface area contributed by atoms with Crippen molar-refractivity contribution >= 4 is 17.6 Å². The molecule has 0 unspecified atom stereocenters. The van der Waals surface area contributed by atoms with Crippen LogP contribution in [0.3, 0.4) is 0 Å². The molecule has 25 heavy (non-hydrogen) atoms. The van der Waals surface area contributed by atoms with E-state index < -0.39 is 40.8 Å². The van der Waals surface area contributed by atoms with Crippen molar-refractivity contribution in [2.45, 2.75) is 12.6 Å². The van der Waals surface area contributed by atoms with Crippen LogP contribution in [0.4, 0.5) is 18.9 Å². The fourth-order valence-corrected chi connectivity index (χ4v) is 1.77. The largest absolute Gasteiger partial charge is 0.484 e. The number of esters is 1. The van der Waals surface area contributed by atoms with Gasteiger partial charge in [-0.3, -0.25) is 19.7 Å². The van der Waals surface area contributed by atoms with Crippen molar-refractivity contribution in [3.05, 3.63) is 33.9 Å². The molecule has 0 aliphatic heterocycles. The average Bonchev–Trinajstić information content (AvgIpc) is 2.55. The zero-order chi connectivity index (χ0) is 19.2. The second kappa shape index (κ2) is 8.31. The molecule has 0 aromatic heterocycles. The number of amides is 1. The minimum atomic E-state index is -4.59. The van der Waals surface area contributed by atoms with Crippen LogP contribution in [0.2, 0.25) is 0 Å². The van der Waals surface area contributed by atoms with Gasteiger partial charge in [-0.1, -0.05) is 0 Å². The molecule has 0 fully saturated rings. The van der Waals surface area contributed by atoms with Crippen molar-refractivity contribution in [1.82, 2.24) is 4.90 Å². The van der Waals surface area contributed by atoms with E-state index in [0.717, 1.165) is 30.2 Å². The Balaban J connectivity index is 3.02. The molecule has 0 heterocycles. The van der Waals surface area contributed by atoms with Gasteiger partial charge in [0.25, 0.3) is 11.6 Å². The van der Waals surface area contributed by atoms with Crippen LogP contribution >= 0.6 is 0 Å². The first-order valence-corrected chi connectivity index (χ1v) is 6.85. The summed E-state index contributed by atoms with van der Waals surface area (Å²) in [6, 6.07) is 2.71. The van der Waals surface area contributed by atoms with Crippen LogP contribution in [0.15, 0.2) is 18.2 Å². The molecule has 0 saturated carbocycles. The van der Waals surface area contributed by atoms with E-state index in [2.05, 4.69) is 9.47 Å². The number of ether oxygens (including phenoxy) is 2. The Bertz CT molecular complexity index is 662. The standard InChI is InChI=1S/C14H15F3N2O6/c1-18(6-5-12(20)24-2)13(21)10-7-9(25-8-14(15,16)17)3-4-11(10)19(22)23/h3-4,7H,5-6,8H2,1-2H3. The predicted octanol–water partition coefficient (Wildman–Crippen LogP) is 2.17. The number of carbonyl (C=O) groups excluding carboxylic acids is 2. The zero-order valence-electron chi connectivity index (χ0n) is 13.3. The summed E-state index contributed by atoms with van der Waals surface area (Å²) in [5.41, 5.74) is -1.04. The number of hydrogen-bond donors (Lipinski definition) is 0. The molecule has 0 spiro atoms. The summed E-state index contributed by atoms with van der Waals surface area (Å²) in [6.45, 7) is -1.69. The summed E-state index contributed by atoms with van der Waals surface area (Å²) in [7, 11) is 2.45. The maximum Gasteiger partial charge on any atom is 0.422 e. The number of nitrogens with zero attached hydrogens (tertiary/aromatic N) is 2. The van der Waals surface area contributed by atoms with Crippen LogP contribution in [0.25, 0.3) is 0 Å². The first-order valence-electron chi connectivity index (χ1n) is 6.85. The van der Waals surface area contributed by atoms with E-state index in [1.54, 1.807) is 0 Å². The quantitative estimate of drug-likeness (QED) is 0.418. The summed E-state index contributed by atoms with van der Waals surface area (Å²) < 4.78 is 45.5. The van der Waals surface area contributed by atoms with E-state index in [-0.39, 0.29) is 18.7 Å². The van der Waals surface area contributed by atoms with Crippen molar-refractivity contribution in [3.63, 3.8) is 0 Å². The molecular weight excluding hydrogens is 349 g/mol. The number of benzene rings is 1. The number of rotatable bonds is 7. The molecule has 1 aromatic rings. The first-order chi connectivity index (χ1) is 11.5. The Hall–Kier alpha value is -2.85. The van der Waals surface area contributed by atoms with Gasteiger partial charge in [0.1, 0.15) is 11.3 Å². The summed E-state index contributed by atoms with van der Waals surface area (Å²) in [4.78, 5) is 34.6. The molecule has 1 amide bonds. The molecular formula is C14H15F3N2O6. The van der Waals surface area contributed by atoms with E-state index in [1.165, 1.54) is 7.05 Å². The third-order valence-electron chi connectivity index (χ3n) is 3.02. The fraction of sp³-hybridized carbons (Fsp3) is 0.429. The Kier molecular flexibility index (Phi) is 6.71. The highest BCUT2D eigenvalue weighted by Crippen LogP contribution is 2.26. The zero-order valence-corrected chi connectivity index (χ0v) is 13.3. The second-order valence-corrected chi connectivity index (χ2v) is 4.89. The molecule has 0 aliphatic rings. The summed E-state index contributed by atoms with van der Waals surface area (Å²) in [6.07, 6.45) is -4.74. The molecule has 8 nitrogen and oxygen atoms in total. The van der Waals surface area contributed by atoms with Crippen molar-refractivity contribution in [2.75, 3.05) is 27.3 Å². The SMILES string of the molecule is COC(=O)CCN(C)C(=O)c1cc(OCC(F)(F)F)ccc1[N+](=O)[O-]. The van der Waals surface area contributed by atoms with Crippen LogP contribution in [0.5, 0.6) is 5.75 Å². The van der Waals surface area contributed by atoms with Gasteiger partial charge in [0, 0.05) is 19.7 Å². The van der Waals surface area contributed by atoms with Gasteiger partial charge in [-0.25, -0.2) is 0 Å². The van der Waals surface area contributed by atoms with Gasteiger partial charge >= 0.3 is 12.1 Å². The van der Waals surface area contributed by atoms with Crippen molar-refractivity contribution in [2.24, 2.45) is 0 Å². The molecule has 0 radical (unpaired) electrons. The van der Waals surface area contributed by atoms with Crippen molar-refractivity contribution in [1.29, 1.82) is 0 Å². The molecule has 0 aliphatic carbocycles. The minimum absolute atomic E-state index is 0.0870. The maximum atomic E-state index is 12.3. The smallest absolute Gasteiger partial charge is 0.422 e. The van der Waals surface area contributed by atoms with Gasteiger partial charge in [-0.05, 0) is 12.1 Å². The highest BCUT2D eigenvalue weighted by atomic mass is 19.4. The fourth-order valence-electron chi connectivity index (χ4n) is 1.77. The lowest BCUT2D eigenvalue weighted by Gasteiger charge is -2.17. The van der Waals surface area contributed by atoms with Crippen molar-refractivity contribution < 1.29 is 37.2 Å². The minimum Gasteiger partial charge on any atom is -0.484 e. The van der Waals surface area contributed by atoms with Crippen LogP contribution in [-0.4, -0.2) is 55.2 Å². The Morgan fingerprint density at radius 3 is 2.48 bits per heavy atom. The molecule has 1 rings (SSSR count). The Labute approximate surface area is 140 Å². The number of nitro benzene ring substituents is 1. The van der Waals surface area contributed by atoms with E-state index in [1.807, 2.05) is 0 Å². The van der Waals surface area contributed by atoms with Gasteiger partial charge < -0.3 is 14.4 Å². The van der Waals surface area contributed by atoms with Crippen LogP contribution < -0.4 is 4.74 Å². The normalized spacial score (nSPS) is 10.9. The van der Waals surface area contributed by atoms with Crippen LogP contribution in [0.1, 0.15) is 16.8 Å². The Morgan fingerprint density at radius 1 is 1.32 bits per heavy atom. The lowest BCUT2D eigenvalue weighted by molar-refractivity contribution is -0.385. The Morgan fingerprint density at radius 2 is 1.96 bits per heavy atom. The second-order valence-electron chi connectivity index (χ2n) is 4.89. The van der Waals surface area contributed by atoms with Crippen molar-refractivity contribution in [3.8, 4) is 5.75 Å². The molecule has 0 bridgehead atoms. The predicted molar refractivity (Wildman–Crippen MR) is 78.2 cm³/mol. The summed E-state index contributed by atoms with van der Waals surface area (Å²) in [5.74, 6) is -1.77. The topological polar surface area (TPSA) is 99.0 Å². The van der Waals surface area contributed by atoms with E-state index in [4.69, 9.17) is 0 Å². The highest BCUT2D eigenvalue weighted by molar-refractivity contribution is 5.98. The summed E-state index contributed by atoms with van der Waals surface area (Å²) >= 11 is 0. The van der Waals surface area contributed by atoms with E-state index in [0.29, 0.717) is 0 Å². The van der Waals surface area contributed by atoms with Gasteiger partial charge in [0.15, 0.2) is 6.61 Å².